The third-order valence-electron chi connectivity index (χ3n) is 3.01. The topological polar surface area (TPSA) is 95.2 Å². The van der Waals surface area contributed by atoms with E-state index in [1.54, 1.807) is 24.3 Å². The number of rotatable bonds is 5. The van der Waals surface area contributed by atoms with E-state index in [1.807, 2.05) is 0 Å². The number of carbonyl (C=O) groups excluding carboxylic acids is 1. The van der Waals surface area contributed by atoms with E-state index < -0.39 is 17.7 Å². The largest absolute Gasteiger partial charge is 0.497 e. The minimum absolute atomic E-state index is 0.0435. The SMILES string of the molecule is COC(=O)c1oc(C(=O)O)c(OC)c1-c1ccc(OC)cc1. The molecule has 7 heteroatoms. The van der Waals surface area contributed by atoms with Crippen LogP contribution in [0.25, 0.3) is 11.1 Å². The van der Waals surface area contributed by atoms with Gasteiger partial charge in [-0.15, -0.1) is 0 Å². The summed E-state index contributed by atoms with van der Waals surface area (Å²) in [6, 6.07) is 6.65. The van der Waals surface area contributed by atoms with Gasteiger partial charge in [-0.1, -0.05) is 12.1 Å². The number of carboxylic acids is 1. The molecule has 1 N–H and O–H groups in total. The van der Waals surface area contributed by atoms with Crippen LogP contribution in [0, 0.1) is 0 Å². The Labute approximate surface area is 126 Å². The third-order valence-corrected chi connectivity index (χ3v) is 3.01. The lowest BCUT2D eigenvalue weighted by Crippen LogP contribution is -2.01. The fourth-order valence-corrected chi connectivity index (χ4v) is 2.01. The van der Waals surface area contributed by atoms with Gasteiger partial charge >= 0.3 is 11.9 Å². The maximum atomic E-state index is 11.8. The summed E-state index contributed by atoms with van der Waals surface area (Å²) in [5.74, 6) is -2.27. The highest BCUT2D eigenvalue weighted by Gasteiger charge is 2.30. The predicted molar refractivity (Wildman–Crippen MR) is 75.5 cm³/mol. The highest BCUT2D eigenvalue weighted by molar-refractivity contribution is 6.01. The molecule has 0 aliphatic carbocycles. The molecule has 0 radical (unpaired) electrons. The Balaban J connectivity index is 2.69. The van der Waals surface area contributed by atoms with E-state index >= 15 is 0 Å². The van der Waals surface area contributed by atoms with Gasteiger partial charge in [-0.2, -0.15) is 0 Å². The molecule has 0 bridgehead atoms. The van der Waals surface area contributed by atoms with E-state index in [-0.39, 0.29) is 17.1 Å². The minimum Gasteiger partial charge on any atom is -0.497 e. The summed E-state index contributed by atoms with van der Waals surface area (Å²) in [6.07, 6.45) is 0. The molecular weight excluding hydrogens is 292 g/mol. The predicted octanol–water partition coefficient (Wildman–Crippen LogP) is 2.45. The lowest BCUT2D eigenvalue weighted by molar-refractivity contribution is 0.0556. The van der Waals surface area contributed by atoms with Crippen molar-refractivity contribution >= 4 is 11.9 Å². The van der Waals surface area contributed by atoms with Crippen molar-refractivity contribution in [2.45, 2.75) is 0 Å². The van der Waals surface area contributed by atoms with Crippen molar-refractivity contribution in [3.05, 3.63) is 35.8 Å². The van der Waals surface area contributed by atoms with Gasteiger partial charge in [-0.05, 0) is 17.7 Å². The number of methoxy groups -OCH3 is 3. The summed E-state index contributed by atoms with van der Waals surface area (Å²) >= 11 is 0. The smallest absolute Gasteiger partial charge is 0.375 e. The van der Waals surface area contributed by atoms with E-state index in [4.69, 9.17) is 13.9 Å². The fourth-order valence-electron chi connectivity index (χ4n) is 2.01. The van der Waals surface area contributed by atoms with Crippen molar-refractivity contribution in [3.63, 3.8) is 0 Å². The average molecular weight is 306 g/mol. The normalized spacial score (nSPS) is 10.1. The Hall–Kier alpha value is -2.96. The average Bonchev–Trinajstić information content (AvgIpc) is 2.93. The summed E-state index contributed by atoms with van der Waals surface area (Å²) < 4.78 is 19.9. The van der Waals surface area contributed by atoms with Crippen molar-refractivity contribution in [2.75, 3.05) is 21.3 Å². The number of aromatic carboxylic acids is 1. The highest BCUT2D eigenvalue weighted by Crippen LogP contribution is 2.39. The van der Waals surface area contributed by atoms with Crippen LogP contribution < -0.4 is 9.47 Å². The number of carboxylic acid groups (broad SMARTS) is 1. The zero-order valence-electron chi connectivity index (χ0n) is 12.2. The van der Waals surface area contributed by atoms with Gasteiger partial charge in [0.2, 0.25) is 5.76 Å². The molecule has 0 atom stereocenters. The second-order valence-corrected chi connectivity index (χ2v) is 4.19. The van der Waals surface area contributed by atoms with Gasteiger partial charge in [0.15, 0.2) is 5.75 Å². The Kier molecular flexibility index (Phi) is 4.36. The third kappa shape index (κ3) is 2.60. The number of furan rings is 1. The molecule has 0 fully saturated rings. The molecule has 7 nitrogen and oxygen atoms in total. The Morgan fingerprint density at radius 3 is 2.09 bits per heavy atom. The molecule has 22 heavy (non-hydrogen) atoms. The first-order chi connectivity index (χ1) is 10.5. The molecule has 1 aromatic heterocycles. The number of benzene rings is 1. The van der Waals surface area contributed by atoms with Crippen LogP contribution in [0.2, 0.25) is 0 Å². The van der Waals surface area contributed by atoms with Gasteiger partial charge in [0.25, 0.3) is 5.76 Å². The summed E-state index contributed by atoms with van der Waals surface area (Å²) in [5, 5.41) is 9.17. The first kappa shape index (κ1) is 15.4. The highest BCUT2D eigenvalue weighted by atomic mass is 16.5. The Morgan fingerprint density at radius 2 is 1.64 bits per heavy atom. The van der Waals surface area contributed by atoms with Gasteiger partial charge in [0.05, 0.1) is 26.9 Å². The van der Waals surface area contributed by atoms with E-state index in [0.717, 1.165) is 0 Å². The van der Waals surface area contributed by atoms with Crippen molar-refractivity contribution in [1.29, 1.82) is 0 Å². The van der Waals surface area contributed by atoms with Gasteiger partial charge in [-0.25, -0.2) is 9.59 Å². The maximum Gasteiger partial charge on any atom is 0.375 e. The molecule has 1 heterocycles. The zero-order valence-corrected chi connectivity index (χ0v) is 12.2. The van der Waals surface area contributed by atoms with Crippen LogP contribution in [-0.2, 0) is 4.74 Å². The number of hydrogen-bond acceptors (Lipinski definition) is 6. The second-order valence-electron chi connectivity index (χ2n) is 4.19. The molecule has 0 spiro atoms. The molecule has 2 aromatic rings. The molecule has 0 amide bonds. The van der Waals surface area contributed by atoms with Crippen LogP contribution in [-0.4, -0.2) is 38.4 Å². The second kappa shape index (κ2) is 6.21. The lowest BCUT2D eigenvalue weighted by Gasteiger charge is -2.06. The van der Waals surface area contributed by atoms with Gasteiger partial charge in [0, 0.05) is 0 Å². The molecule has 0 aliphatic rings. The van der Waals surface area contributed by atoms with Crippen molar-refractivity contribution < 1.29 is 33.3 Å². The van der Waals surface area contributed by atoms with Crippen LogP contribution >= 0.6 is 0 Å². The Morgan fingerprint density at radius 1 is 1.00 bits per heavy atom. The maximum absolute atomic E-state index is 11.8. The minimum atomic E-state index is -1.35. The molecular formula is C15H14O7. The van der Waals surface area contributed by atoms with Crippen LogP contribution in [0.4, 0.5) is 0 Å². The number of carbonyl (C=O) groups is 2. The van der Waals surface area contributed by atoms with Gasteiger partial charge in [-0.3, -0.25) is 0 Å². The monoisotopic (exact) mass is 306 g/mol. The summed E-state index contributed by atoms with van der Waals surface area (Å²) in [4.78, 5) is 23.1. The molecule has 1 aromatic carbocycles. The molecule has 0 aliphatic heterocycles. The van der Waals surface area contributed by atoms with Crippen LogP contribution in [0.5, 0.6) is 11.5 Å². The summed E-state index contributed by atoms with van der Waals surface area (Å²) in [7, 11) is 4.00. The zero-order chi connectivity index (χ0) is 16.3. The van der Waals surface area contributed by atoms with Crippen molar-refractivity contribution in [1.82, 2.24) is 0 Å². The molecule has 116 valence electrons. The standard InChI is InChI=1S/C15H14O7/c1-19-9-6-4-8(5-7-9)10-11(20-2)13(14(16)17)22-12(10)15(18)21-3/h4-7H,1-3H3,(H,16,17). The van der Waals surface area contributed by atoms with E-state index in [2.05, 4.69) is 4.74 Å². The molecule has 0 saturated carbocycles. The van der Waals surface area contributed by atoms with Crippen molar-refractivity contribution in [3.8, 4) is 22.6 Å². The van der Waals surface area contributed by atoms with Crippen LogP contribution in [0.1, 0.15) is 21.1 Å². The number of hydrogen-bond donors (Lipinski definition) is 1. The van der Waals surface area contributed by atoms with Crippen LogP contribution in [0.15, 0.2) is 28.7 Å². The van der Waals surface area contributed by atoms with Crippen LogP contribution in [0.3, 0.4) is 0 Å². The van der Waals surface area contributed by atoms with Gasteiger partial charge < -0.3 is 23.7 Å². The Bertz CT molecular complexity index is 697. The van der Waals surface area contributed by atoms with Gasteiger partial charge in [0.1, 0.15) is 5.75 Å². The molecule has 0 saturated heterocycles. The quantitative estimate of drug-likeness (QED) is 0.847. The van der Waals surface area contributed by atoms with E-state index in [1.165, 1.54) is 21.3 Å². The summed E-state index contributed by atoms with van der Waals surface area (Å²) in [6.45, 7) is 0. The van der Waals surface area contributed by atoms with E-state index in [0.29, 0.717) is 11.3 Å². The number of esters is 1. The summed E-state index contributed by atoms with van der Waals surface area (Å²) in [5.41, 5.74) is 0.753. The lowest BCUT2D eigenvalue weighted by atomic mass is 10.0. The molecule has 2 rings (SSSR count). The number of ether oxygens (including phenoxy) is 3. The van der Waals surface area contributed by atoms with E-state index in [9.17, 15) is 14.7 Å². The first-order valence-corrected chi connectivity index (χ1v) is 6.20. The molecule has 0 unspecified atom stereocenters. The first-order valence-electron chi connectivity index (χ1n) is 6.20. The van der Waals surface area contributed by atoms with Crippen molar-refractivity contribution in [2.24, 2.45) is 0 Å². The fraction of sp³-hybridized carbons (Fsp3) is 0.200.